The van der Waals surface area contributed by atoms with E-state index in [0.29, 0.717) is 6.04 Å². The third-order valence-corrected chi connectivity index (χ3v) is 3.51. The number of nitrogens with one attached hydrogen (secondary N) is 2. The van der Waals surface area contributed by atoms with Crippen molar-refractivity contribution in [2.75, 3.05) is 33.2 Å². The highest BCUT2D eigenvalue weighted by atomic mass is 15.2. The van der Waals surface area contributed by atoms with Gasteiger partial charge in [-0.25, -0.2) is 0 Å². The number of likely N-dealkylation sites (tertiary alicyclic amines) is 1. The van der Waals surface area contributed by atoms with Crippen molar-refractivity contribution >= 4 is 5.96 Å². The largest absolute Gasteiger partial charge is 0.356 e. The first kappa shape index (κ1) is 15.3. The molecule has 0 amide bonds. The normalized spacial score (nSPS) is 18.9. The van der Waals surface area contributed by atoms with E-state index < -0.39 is 0 Å². The second kappa shape index (κ2) is 9.20. The molecule has 0 bridgehead atoms. The minimum atomic E-state index is 0.589. The Balaban J connectivity index is 2.21. The molecule has 1 aliphatic rings. The van der Waals surface area contributed by atoms with Gasteiger partial charge in [0, 0.05) is 32.7 Å². The van der Waals surface area contributed by atoms with E-state index in [1.165, 1.54) is 51.7 Å². The van der Waals surface area contributed by atoms with Crippen LogP contribution in [-0.2, 0) is 0 Å². The summed E-state index contributed by atoms with van der Waals surface area (Å²) in [6.07, 6.45) is 6.15. The molecule has 0 unspecified atom stereocenters. The quantitative estimate of drug-likeness (QED) is 0.431. The van der Waals surface area contributed by atoms with E-state index >= 15 is 0 Å². The van der Waals surface area contributed by atoms with E-state index in [1.807, 2.05) is 7.05 Å². The van der Waals surface area contributed by atoms with Gasteiger partial charge in [0.25, 0.3) is 0 Å². The lowest BCUT2D eigenvalue weighted by molar-refractivity contribution is 0.206. The average Bonchev–Trinajstić information content (AvgIpc) is 2.40. The molecule has 0 radical (unpaired) electrons. The Morgan fingerprint density at radius 3 is 2.50 bits per heavy atom. The van der Waals surface area contributed by atoms with Crippen molar-refractivity contribution in [3.63, 3.8) is 0 Å². The number of guanidine groups is 1. The van der Waals surface area contributed by atoms with Crippen molar-refractivity contribution < 1.29 is 0 Å². The van der Waals surface area contributed by atoms with Crippen LogP contribution < -0.4 is 10.6 Å². The smallest absolute Gasteiger partial charge is 0.191 e. The first-order chi connectivity index (χ1) is 8.80. The van der Waals surface area contributed by atoms with Crippen molar-refractivity contribution in [2.45, 2.75) is 52.0 Å². The van der Waals surface area contributed by atoms with Crippen molar-refractivity contribution in [2.24, 2.45) is 4.99 Å². The zero-order valence-corrected chi connectivity index (χ0v) is 12.3. The summed E-state index contributed by atoms with van der Waals surface area (Å²) in [6, 6.07) is 0.589. The summed E-state index contributed by atoms with van der Waals surface area (Å²) in [7, 11) is 1.85. The molecule has 1 aliphatic heterocycles. The van der Waals surface area contributed by atoms with E-state index in [1.54, 1.807) is 0 Å². The second-order valence-electron chi connectivity index (χ2n) is 5.11. The second-order valence-corrected chi connectivity index (χ2v) is 5.11. The van der Waals surface area contributed by atoms with Crippen LogP contribution in [0.1, 0.15) is 46.0 Å². The summed E-state index contributed by atoms with van der Waals surface area (Å²) in [5.41, 5.74) is 0. The number of rotatable bonds is 6. The standard InChI is InChI=1S/C14H30N4/c1-4-6-9-16-14(15-3)17-13-7-11-18(10-5-2)12-8-13/h13H,4-12H2,1-3H3,(H2,15,16,17). The molecule has 4 nitrogen and oxygen atoms in total. The minimum Gasteiger partial charge on any atom is -0.356 e. The summed E-state index contributed by atoms with van der Waals surface area (Å²) in [6.45, 7) is 9.17. The predicted molar refractivity (Wildman–Crippen MR) is 79.2 cm³/mol. The third-order valence-electron chi connectivity index (χ3n) is 3.51. The van der Waals surface area contributed by atoms with E-state index in [2.05, 4.69) is 34.4 Å². The Morgan fingerprint density at radius 1 is 1.22 bits per heavy atom. The molecular formula is C14H30N4. The Kier molecular flexibility index (Phi) is 7.81. The maximum absolute atomic E-state index is 4.29. The Hall–Kier alpha value is -0.770. The van der Waals surface area contributed by atoms with Gasteiger partial charge in [0.15, 0.2) is 5.96 Å². The maximum Gasteiger partial charge on any atom is 0.191 e. The van der Waals surface area contributed by atoms with Crippen molar-refractivity contribution in [3.05, 3.63) is 0 Å². The maximum atomic E-state index is 4.29. The fourth-order valence-electron chi connectivity index (χ4n) is 2.39. The molecule has 0 saturated carbocycles. The Bertz CT molecular complexity index is 232. The van der Waals surface area contributed by atoms with Crippen molar-refractivity contribution in [1.82, 2.24) is 15.5 Å². The van der Waals surface area contributed by atoms with E-state index in [-0.39, 0.29) is 0 Å². The molecule has 2 N–H and O–H groups in total. The molecule has 4 heteroatoms. The van der Waals surface area contributed by atoms with Gasteiger partial charge in [-0.05, 0) is 32.2 Å². The number of hydrogen-bond donors (Lipinski definition) is 2. The molecule has 0 aromatic carbocycles. The molecule has 1 fully saturated rings. The molecule has 0 spiro atoms. The van der Waals surface area contributed by atoms with Crippen LogP contribution in [0.5, 0.6) is 0 Å². The molecule has 106 valence electrons. The first-order valence-electron chi connectivity index (χ1n) is 7.49. The topological polar surface area (TPSA) is 39.7 Å². The summed E-state index contributed by atoms with van der Waals surface area (Å²) in [5, 5.41) is 6.92. The van der Waals surface area contributed by atoms with Gasteiger partial charge in [-0.1, -0.05) is 20.3 Å². The highest BCUT2D eigenvalue weighted by molar-refractivity contribution is 5.79. The van der Waals surface area contributed by atoms with Crippen LogP contribution in [0.15, 0.2) is 4.99 Å². The molecule has 1 heterocycles. The highest BCUT2D eigenvalue weighted by Crippen LogP contribution is 2.10. The Labute approximate surface area is 112 Å². The van der Waals surface area contributed by atoms with E-state index in [0.717, 1.165) is 12.5 Å². The van der Waals surface area contributed by atoms with Gasteiger partial charge in [-0.15, -0.1) is 0 Å². The van der Waals surface area contributed by atoms with Crippen LogP contribution in [-0.4, -0.2) is 50.1 Å². The van der Waals surface area contributed by atoms with Crippen LogP contribution in [0.2, 0.25) is 0 Å². The number of unbranched alkanes of at least 4 members (excludes halogenated alkanes) is 1. The van der Waals surface area contributed by atoms with Gasteiger partial charge in [-0.2, -0.15) is 0 Å². The van der Waals surface area contributed by atoms with Gasteiger partial charge in [0.1, 0.15) is 0 Å². The van der Waals surface area contributed by atoms with Crippen molar-refractivity contribution in [1.29, 1.82) is 0 Å². The summed E-state index contributed by atoms with van der Waals surface area (Å²) >= 11 is 0. The lowest BCUT2D eigenvalue weighted by atomic mass is 10.1. The number of piperidine rings is 1. The van der Waals surface area contributed by atoms with Gasteiger partial charge in [0.2, 0.25) is 0 Å². The highest BCUT2D eigenvalue weighted by Gasteiger charge is 2.18. The van der Waals surface area contributed by atoms with Gasteiger partial charge in [-0.3, -0.25) is 4.99 Å². The summed E-state index contributed by atoms with van der Waals surface area (Å²) in [4.78, 5) is 6.85. The van der Waals surface area contributed by atoms with E-state index in [4.69, 9.17) is 0 Å². The molecule has 18 heavy (non-hydrogen) atoms. The molecule has 0 aromatic heterocycles. The number of nitrogens with zero attached hydrogens (tertiary/aromatic N) is 2. The third kappa shape index (κ3) is 5.71. The number of hydrogen-bond acceptors (Lipinski definition) is 2. The number of aliphatic imine (C=N–C) groups is 1. The first-order valence-corrected chi connectivity index (χ1v) is 7.49. The van der Waals surface area contributed by atoms with Gasteiger partial charge in [0.05, 0.1) is 0 Å². The van der Waals surface area contributed by atoms with Gasteiger partial charge >= 0.3 is 0 Å². The molecule has 0 atom stereocenters. The molecule has 0 aliphatic carbocycles. The fraction of sp³-hybridized carbons (Fsp3) is 0.929. The zero-order chi connectivity index (χ0) is 13.2. The fourth-order valence-corrected chi connectivity index (χ4v) is 2.39. The lowest BCUT2D eigenvalue weighted by Crippen LogP contribution is -2.48. The Morgan fingerprint density at radius 2 is 1.94 bits per heavy atom. The van der Waals surface area contributed by atoms with Crippen LogP contribution in [0.25, 0.3) is 0 Å². The van der Waals surface area contributed by atoms with Crippen molar-refractivity contribution in [3.8, 4) is 0 Å². The lowest BCUT2D eigenvalue weighted by Gasteiger charge is -2.32. The predicted octanol–water partition coefficient (Wildman–Crippen LogP) is 1.83. The van der Waals surface area contributed by atoms with Crippen LogP contribution in [0, 0.1) is 0 Å². The minimum absolute atomic E-state index is 0.589. The van der Waals surface area contributed by atoms with Crippen LogP contribution in [0.4, 0.5) is 0 Å². The molecule has 1 saturated heterocycles. The van der Waals surface area contributed by atoms with Crippen LogP contribution >= 0.6 is 0 Å². The van der Waals surface area contributed by atoms with E-state index in [9.17, 15) is 0 Å². The van der Waals surface area contributed by atoms with Crippen LogP contribution in [0.3, 0.4) is 0 Å². The summed E-state index contributed by atoms with van der Waals surface area (Å²) < 4.78 is 0. The monoisotopic (exact) mass is 254 g/mol. The summed E-state index contributed by atoms with van der Waals surface area (Å²) in [5.74, 6) is 0.970. The average molecular weight is 254 g/mol. The SMILES string of the molecule is CCCCNC(=NC)NC1CCN(CCC)CC1. The molecule has 0 aromatic rings. The van der Waals surface area contributed by atoms with Gasteiger partial charge < -0.3 is 15.5 Å². The molecule has 1 rings (SSSR count). The molecular weight excluding hydrogens is 224 g/mol. The zero-order valence-electron chi connectivity index (χ0n) is 12.3.